The van der Waals surface area contributed by atoms with Crippen LogP contribution in [-0.4, -0.2) is 35.5 Å². The predicted molar refractivity (Wildman–Crippen MR) is 90.5 cm³/mol. The number of hydrogen-bond donors (Lipinski definition) is 1. The maximum Gasteiger partial charge on any atom is 0.289 e. The van der Waals surface area contributed by atoms with Crippen molar-refractivity contribution < 1.29 is 14.6 Å². The minimum atomic E-state index is -0.566. The maximum absolute atomic E-state index is 11.1. The third-order valence-electron chi connectivity index (χ3n) is 3.24. The van der Waals surface area contributed by atoms with E-state index in [-0.39, 0.29) is 17.3 Å². The van der Waals surface area contributed by atoms with Gasteiger partial charge in [0.25, 0.3) is 11.4 Å². The third kappa shape index (κ3) is 3.92. The summed E-state index contributed by atoms with van der Waals surface area (Å²) < 4.78 is 1.08. The van der Waals surface area contributed by atoms with Gasteiger partial charge in [-0.05, 0) is 6.92 Å². The molecule has 0 aliphatic heterocycles. The molecule has 0 atom stereocenters. The van der Waals surface area contributed by atoms with Crippen LogP contribution in [-0.2, 0) is 0 Å². The fourth-order valence-electron chi connectivity index (χ4n) is 1.89. The van der Waals surface area contributed by atoms with Gasteiger partial charge in [-0.3, -0.25) is 30.0 Å². The van der Waals surface area contributed by atoms with Crippen molar-refractivity contribution in [3.8, 4) is 0 Å². The van der Waals surface area contributed by atoms with Gasteiger partial charge in [0.05, 0.1) is 27.4 Å². The van der Waals surface area contributed by atoms with Crippen LogP contribution in [0.15, 0.2) is 30.7 Å². The molecule has 0 radical (unpaired) electrons. The minimum Gasteiger partial charge on any atom is -0.397 e. The van der Waals surface area contributed by atoms with E-state index in [1.54, 1.807) is 6.92 Å². The van der Waals surface area contributed by atoms with Gasteiger partial charge in [0.15, 0.2) is 0 Å². The summed E-state index contributed by atoms with van der Waals surface area (Å²) in [5, 5.41) is 24.5. The monoisotopic (exact) mass is 359 g/mol. The van der Waals surface area contributed by atoms with E-state index in [0.717, 1.165) is 10.9 Å². The molecule has 0 bridgehead atoms. The van der Waals surface area contributed by atoms with Crippen molar-refractivity contribution in [3.05, 3.63) is 56.6 Å². The zero-order valence-corrected chi connectivity index (χ0v) is 13.7. The van der Waals surface area contributed by atoms with Crippen LogP contribution in [0.3, 0.4) is 0 Å². The zero-order chi connectivity index (χ0) is 19.4. The topological polar surface area (TPSA) is 173 Å². The minimum absolute atomic E-state index is 0.0758. The van der Waals surface area contributed by atoms with Gasteiger partial charge in [-0.15, -0.1) is 0 Å². The van der Waals surface area contributed by atoms with Crippen molar-refractivity contribution in [1.29, 1.82) is 0 Å². The molecule has 3 rings (SSSR count). The molecule has 3 aromatic rings. The lowest BCUT2D eigenvalue weighted by atomic mass is 10.3. The van der Waals surface area contributed by atoms with E-state index in [1.165, 1.54) is 31.5 Å². The average molecular weight is 359 g/mol. The predicted octanol–water partition coefficient (Wildman–Crippen LogP) is 1.88. The van der Waals surface area contributed by atoms with Crippen molar-refractivity contribution in [1.82, 2.24) is 19.7 Å². The zero-order valence-electron chi connectivity index (χ0n) is 13.7. The van der Waals surface area contributed by atoms with Gasteiger partial charge in [0, 0.05) is 19.1 Å². The molecule has 0 saturated carbocycles. The second-order valence-corrected chi connectivity index (χ2v) is 5.06. The van der Waals surface area contributed by atoms with Gasteiger partial charge in [0.1, 0.15) is 23.4 Å². The summed E-state index contributed by atoms with van der Waals surface area (Å²) in [6.07, 6.45) is 3.71. The summed E-state index contributed by atoms with van der Waals surface area (Å²) in [5.74, 6) is -0.313. The van der Waals surface area contributed by atoms with E-state index in [0.29, 0.717) is 22.4 Å². The number of nitrogens with zero attached hydrogens (tertiary/aromatic N) is 6. The normalized spacial score (nSPS) is 10.1. The molecule has 3 aromatic heterocycles. The second kappa shape index (κ2) is 7.29. The average Bonchev–Trinajstić information content (AvgIpc) is 3.01. The van der Waals surface area contributed by atoms with Gasteiger partial charge >= 0.3 is 0 Å². The Morgan fingerprint density at radius 3 is 2.19 bits per heavy atom. The van der Waals surface area contributed by atoms with E-state index < -0.39 is 9.85 Å². The smallest absolute Gasteiger partial charge is 0.289 e. The summed E-state index contributed by atoms with van der Waals surface area (Å²) in [7, 11) is 0. The van der Waals surface area contributed by atoms with Crippen LogP contribution in [0.5, 0.6) is 0 Å². The molecule has 0 aliphatic carbocycles. The first-order chi connectivity index (χ1) is 12.2. The number of nitrogen functional groups attached to an aromatic ring is 1. The van der Waals surface area contributed by atoms with E-state index in [2.05, 4.69) is 15.1 Å². The molecule has 0 spiro atoms. The molecule has 12 heteroatoms. The van der Waals surface area contributed by atoms with Crippen LogP contribution < -0.4 is 5.73 Å². The van der Waals surface area contributed by atoms with Crippen molar-refractivity contribution in [3.63, 3.8) is 0 Å². The Hall–Kier alpha value is -3.96. The standard InChI is InChI=1S/C8H6N4O3.C6H7N3O2/c1-5(13)11-8-2-6(12(14)15)3-9-7(8)4-10-11;1-4-6(7)2-5(3-8-4)9(10)11/h2-4H,1H3;2-3H,7H2,1H3. The number of carbonyl (C=O) groups excluding carboxylic acids is 1. The highest BCUT2D eigenvalue weighted by Crippen LogP contribution is 2.17. The first kappa shape index (κ1) is 18.4. The molecule has 0 aromatic carbocycles. The third-order valence-corrected chi connectivity index (χ3v) is 3.24. The number of aryl methyl sites for hydroxylation is 1. The molecule has 0 amide bonds. The van der Waals surface area contributed by atoms with Gasteiger partial charge in [-0.1, -0.05) is 0 Å². The van der Waals surface area contributed by atoms with Crippen molar-refractivity contribution in [2.45, 2.75) is 13.8 Å². The van der Waals surface area contributed by atoms with Gasteiger partial charge in [0.2, 0.25) is 5.91 Å². The Morgan fingerprint density at radius 2 is 1.65 bits per heavy atom. The molecular weight excluding hydrogens is 346 g/mol. The van der Waals surface area contributed by atoms with Crippen molar-refractivity contribution in [2.24, 2.45) is 0 Å². The largest absolute Gasteiger partial charge is 0.397 e. The Bertz CT molecular complexity index is 1010. The van der Waals surface area contributed by atoms with Crippen LogP contribution in [0, 0.1) is 27.2 Å². The Balaban J connectivity index is 0.000000197. The number of rotatable bonds is 2. The fourth-order valence-corrected chi connectivity index (χ4v) is 1.89. The molecular formula is C14H13N7O5. The number of pyridine rings is 2. The van der Waals surface area contributed by atoms with Crippen LogP contribution in [0.2, 0.25) is 0 Å². The highest BCUT2D eigenvalue weighted by atomic mass is 16.6. The lowest BCUT2D eigenvalue weighted by Crippen LogP contribution is -2.06. The maximum atomic E-state index is 11.1. The summed E-state index contributed by atoms with van der Waals surface area (Å²) in [4.78, 5) is 38.2. The van der Waals surface area contributed by atoms with Crippen LogP contribution >= 0.6 is 0 Å². The summed E-state index contributed by atoms with van der Waals surface area (Å²) >= 11 is 0. The van der Waals surface area contributed by atoms with Crippen LogP contribution in [0.25, 0.3) is 11.0 Å². The number of carbonyl (C=O) groups is 1. The fraction of sp³-hybridized carbons (Fsp3) is 0.143. The Morgan fingerprint density at radius 1 is 1.08 bits per heavy atom. The first-order valence-electron chi connectivity index (χ1n) is 7.06. The molecule has 12 nitrogen and oxygen atoms in total. The highest BCUT2D eigenvalue weighted by Gasteiger charge is 2.12. The molecule has 0 fully saturated rings. The van der Waals surface area contributed by atoms with Gasteiger partial charge < -0.3 is 5.73 Å². The SMILES string of the molecule is CC(=O)n1ncc2ncc([N+](=O)[O-])cc21.Cc1ncc([N+](=O)[O-])cc1N. The summed E-state index contributed by atoms with van der Waals surface area (Å²) in [5.41, 5.74) is 6.91. The number of fused-ring (bicyclic) bond motifs is 1. The number of anilines is 1. The Labute approximate surface area is 145 Å². The summed E-state index contributed by atoms with van der Waals surface area (Å²) in [6.45, 7) is 3.02. The van der Waals surface area contributed by atoms with E-state index >= 15 is 0 Å². The number of aromatic nitrogens is 4. The lowest BCUT2D eigenvalue weighted by molar-refractivity contribution is -0.385. The molecule has 26 heavy (non-hydrogen) atoms. The van der Waals surface area contributed by atoms with Crippen molar-refractivity contribution in [2.75, 3.05) is 5.73 Å². The molecule has 0 unspecified atom stereocenters. The van der Waals surface area contributed by atoms with E-state index in [1.807, 2.05) is 0 Å². The Kier molecular flexibility index (Phi) is 5.15. The summed E-state index contributed by atoms with van der Waals surface area (Å²) in [6, 6.07) is 2.57. The van der Waals surface area contributed by atoms with Gasteiger partial charge in [-0.2, -0.15) is 9.78 Å². The van der Waals surface area contributed by atoms with Crippen LogP contribution in [0.4, 0.5) is 17.1 Å². The van der Waals surface area contributed by atoms with E-state index in [4.69, 9.17) is 5.73 Å². The van der Waals surface area contributed by atoms with Gasteiger partial charge in [-0.25, -0.2) is 4.98 Å². The van der Waals surface area contributed by atoms with Crippen molar-refractivity contribution >= 4 is 34.0 Å². The van der Waals surface area contributed by atoms with E-state index in [9.17, 15) is 25.0 Å². The number of hydrogen-bond acceptors (Lipinski definition) is 9. The highest BCUT2D eigenvalue weighted by molar-refractivity contribution is 5.88. The second-order valence-electron chi connectivity index (χ2n) is 5.06. The quantitative estimate of drug-likeness (QED) is 0.529. The first-order valence-corrected chi connectivity index (χ1v) is 7.06. The molecule has 0 saturated heterocycles. The molecule has 2 N–H and O–H groups in total. The van der Waals surface area contributed by atoms with Crippen LogP contribution in [0.1, 0.15) is 17.4 Å². The number of nitrogens with two attached hydrogens (primary N) is 1. The lowest BCUT2D eigenvalue weighted by Gasteiger charge is -1.96. The molecule has 3 heterocycles. The molecule has 0 aliphatic rings. The number of nitro groups is 2. The molecule has 134 valence electrons.